The highest BCUT2D eigenvalue weighted by Crippen LogP contribution is 2.17. The Morgan fingerprint density at radius 3 is 2.71 bits per heavy atom. The van der Waals surface area contributed by atoms with Crippen LogP contribution in [0, 0.1) is 0 Å². The number of benzene rings is 1. The third kappa shape index (κ3) is 3.98. The molecular formula is C21H21N7. The summed E-state index contributed by atoms with van der Waals surface area (Å²) < 4.78 is 1.95. The Morgan fingerprint density at radius 1 is 0.964 bits per heavy atom. The zero-order valence-electron chi connectivity index (χ0n) is 15.6. The van der Waals surface area contributed by atoms with Crippen LogP contribution in [-0.4, -0.2) is 32.6 Å². The maximum Gasteiger partial charge on any atom is 0.191 e. The smallest absolute Gasteiger partial charge is 0.191 e. The molecule has 4 aromatic rings. The van der Waals surface area contributed by atoms with Gasteiger partial charge in [-0.3, -0.25) is 14.4 Å². The molecule has 0 aliphatic carbocycles. The van der Waals surface area contributed by atoms with Gasteiger partial charge < -0.3 is 10.6 Å². The van der Waals surface area contributed by atoms with Crippen molar-refractivity contribution in [2.75, 3.05) is 7.05 Å². The standard InChI is InChI=1S/C21H21N7/c1-22-21(25-15-20-27-26-19-10-3-5-12-28(19)20)24-14-16-7-6-8-17(13-16)18-9-2-4-11-23-18/h2-13H,14-15H2,1H3,(H2,22,24,25). The van der Waals surface area contributed by atoms with Crippen molar-refractivity contribution in [3.05, 3.63) is 84.4 Å². The van der Waals surface area contributed by atoms with Crippen LogP contribution in [0.1, 0.15) is 11.4 Å². The van der Waals surface area contributed by atoms with E-state index in [4.69, 9.17) is 0 Å². The Labute approximate surface area is 163 Å². The molecule has 7 nitrogen and oxygen atoms in total. The Morgan fingerprint density at radius 2 is 1.86 bits per heavy atom. The molecule has 7 heteroatoms. The highest BCUT2D eigenvalue weighted by molar-refractivity contribution is 5.79. The van der Waals surface area contributed by atoms with E-state index >= 15 is 0 Å². The summed E-state index contributed by atoms with van der Waals surface area (Å²) in [5.41, 5.74) is 4.04. The minimum atomic E-state index is 0.527. The second-order valence-corrected chi connectivity index (χ2v) is 6.24. The highest BCUT2D eigenvalue weighted by Gasteiger charge is 2.06. The van der Waals surface area contributed by atoms with Gasteiger partial charge in [-0.2, -0.15) is 0 Å². The fourth-order valence-corrected chi connectivity index (χ4v) is 2.95. The maximum absolute atomic E-state index is 4.41. The van der Waals surface area contributed by atoms with Crippen molar-refractivity contribution in [3.63, 3.8) is 0 Å². The molecule has 140 valence electrons. The van der Waals surface area contributed by atoms with Crippen LogP contribution in [0.5, 0.6) is 0 Å². The average Bonchev–Trinajstić information content (AvgIpc) is 3.18. The largest absolute Gasteiger partial charge is 0.352 e. The van der Waals surface area contributed by atoms with Crippen LogP contribution < -0.4 is 10.6 Å². The predicted octanol–water partition coefficient (Wildman–Crippen LogP) is 2.66. The molecule has 3 aromatic heterocycles. The van der Waals surface area contributed by atoms with Gasteiger partial charge in [-0.15, -0.1) is 10.2 Å². The van der Waals surface area contributed by atoms with E-state index in [1.807, 2.05) is 53.1 Å². The topological polar surface area (TPSA) is 79.5 Å². The van der Waals surface area contributed by atoms with Crippen LogP contribution >= 0.6 is 0 Å². The van der Waals surface area contributed by atoms with Crippen LogP contribution in [0.4, 0.5) is 0 Å². The van der Waals surface area contributed by atoms with Crippen molar-refractivity contribution in [2.45, 2.75) is 13.1 Å². The van der Waals surface area contributed by atoms with Crippen LogP contribution in [0.25, 0.3) is 16.9 Å². The molecule has 0 aliphatic rings. The number of hydrogen-bond acceptors (Lipinski definition) is 4. The van der Waals surface area contributed by atoms with Gasteiger partial charge in [0.2, 0.25) is 0 Å². The van der Waals surface area contributed by atoms with E-state index in [1.165, 1.54) is 0 Å². The number of pyridine rings is 2. The van der Waals surface area contributed by atoms with E-state index in [0.717, 1.165) is 28.3 Å². The summed E-state index contributed by atoms with van der Waals surface area (Å²) in [7, 11) is 1.75. The fraction of sp³-hybridized carbons (Fsp3) is 0.143. The monoisotopic (exact) mass is 371 g/mol. The van der Waals surface area contributed by atoms with Crippen LogP contribution in [0.15, 0.2) is 78.0 Å². The first-order valence-corrected chi connectivity index (χ1v) is 9.07. The Bertz CT molecular complexity index is 1090. The summed E-state index contributed by atoms with van der Waals surface area (Å²) in [5, 5.41) is 15.0. The normalized spacial score (nSPS) is 11.5. The Hall–Kier alpha value is -3.74. The summed E-state index contributed by atoms with van der Waals surface area (Å²) in [6, 6.07) is 20.1. The Kier molecular flexibility index (Phi) is 5.24. The number of aliphatic imine (C=N–C) groups is 1. The third-order valence-corrected chi connectivity index (χ3v) is 4.37. The van der Waals surface area contributed by atoms with E-state index in [-0.39, 0.29) is 0 Å². The van der Waals surface area contributed by atoms with E-state index < -0.39 is 0 Å². The average molecular weight is 371 g/mol. The molecule has 0 saturated heterocycles. The molecule has 0 spiro atoms. The highest BCUT2D eigenvalue weighted by atomic mass is 15.3. The van der Waals surface area contributed by atoms with Crippen molar-refractivity contribution in [1.29, 1.82) is 0 Å². The van der Waals surface area contributed by atoms with Crippen molar-refractivity contribution < 1.29 is 0 Å². The lowest BCUT2D eigenvalue weighted by Gasteiger charge is -2.12. The molecule has 0 bridgehead atoms. The second-order valence-electron chi connectivity index (χ2n) is 6.24. The number of guanidine groups is 1. The molecule has 0 radical (unpaired) electrons. The number of hydrogen-bond donors (Lipinski definition) is 2. The molecule has 2 N–H and O–H groups in total. The Balaban J connectivity index is 1.38. The third-order valence-electron chi connectivity index (χ3n) is 4.37. The van der Waals surface area contributed by atoms with Gasteiger partial charge in [0.15, 0.2) is 17.4 Å². The summed E-state index contributed by atoms with van der Waals surface area (Å²) >= 11 is 0. The molecule has 0 unspecified atom stereocenters. The summed E-state index contributed by atoms with van der Waals surface area (Å²) in [6.45, 7) is 1.18. The van der Waals surface area contributed by atoms with Gasteiger partial charge in [-0.25, -0.2) is 0 Å². The number of rotatable bonds is 5. The quantitative estimate of drug-likeness (QED) is 0.416. The summed E-state index contributed by atoms with van der Waals surface area (Å²) in [4.78, 5) is 8.70. The molecule has 1 aromatic carbocycles. The van der Waals surface area contributed by atoms with E-state index in [0.29, 0.717) is 19.0 Å². The molecule has 0 atom stereocenters. The number of fused-ring (bicyclic) bond motifs is 1. The zero-order valence-corrected chi connectivity index (χ0v) is 15.6. The minimum absolute atomic E-state index is 0.527. The lowest BCUT2D eigenvalue weighted by molar-refractivity contribution is 0.763. The van der Waals surface area contributed by atoms with Gasteiger partial charge in [0.25, 0.3) is 0 Å². The van der Waals surface area contributed by atoms with Gasteiger partial charge in [0.1, 0.15) is 0 Å². The van der Waals surface area contributed by atoms with Crippen molar-refractivity contribution in [3.8, 4) is 11.3 Å². The van der Waals surface area contributed by atoms with E-state index in [9.17, 15) is 0 Å². The van der Waals surface area contributed by atoms with Crippen LogP contribution in [0.2, 0.25) is 0 Å². The molecule has 0 aliphatic heterocycles. The van der Waals surface area contributed by atoms with Crippen molar-refractivity contribution in [2.24, 2.45) is 4.99 Å². The lowest BCUT2D eigenvalue weighted by atomic mass is 10.1. The van der Waals surface area contributed by atoms with Gasteiger partial charge in [-0.05, 0) is 35.9 Å². The zero-order chi connectivity index (χ0) is 19.2. The molecule has 0 fully saturated rings. The second kappa shape index (κ2) is 8.30. The first-order chi connectivity index (χ1) is 13.8. The first kappa shape index (κ1) is 17.7. The fourth-order valence-electron chi connectivity index (χ4n) is 2.95. The maximum atomic E-state index is 4.41. The number of aromatic nitrogens is 4. The van der Waals surface area contributed by atoms with E-state index in [1.54, 1.807) is 13.2 Å². The summed E-state index contributed by atoms with van der Waals surface area (Å²) in [5.74, 6) is 1.53. The molecule has 3 heterocycles. The van der Waals surface area contributed by atoms with Crippen LogP contribution in [-0.2, 0) is 13.1 Å². The number of nitrogens with zero attached hydrogens (tertiary/aromatic N) is 5. The van der Waals surface area contributed by atoms with Crippen molar-refractivity contribution in [1.82, 2.24) is 30.2 Å². The first-order valence-electron chi connectivity index (χ1n) is 9.07. The molecular weight excluding hydrogens is 350 g/mol. The van der Waals surface area contributed by atoms with Gasteiger partial charge in [0, 0.05) is 31.5 Å². The SMILES string of the molecule is CN=C(NCc1cccc(-c2ccccn2)c1)NCc1nnc2ccccn12. The molecule has 28 heavy (non-hydrogen) atoms. The van der Waals surface area contributed by atoms with Gasteiger partial charge >= 0.3 is 0 Å². The van der Waals surface area contributed by atoms with E-state index in [2.05, 4.69) is 49.0 Å². The number of nitrogens with one attached hydrogen (secondary N) is 2. The van der Waals surface area contributed by atoms with Gasteiger partial charge in [-0.1, -0.05) is 30.3 Å². The molecule has 0 saturated carbocycles. The minimum Gasteiger partial charge on any atom is -0.352 e. The summed E-state index contributed by atoms with van der Waals surface area (Å²) in [6.07, 6.45) is 3.76. The van der Waals surface area contributed by atoms with Crippen LogP contribution in [0.3, 0.4) is 0 Å². The molecule has 0 amide bonds. The predicted molar refractivity (Wildman–Crippen MR) is 110 cm³/mol. The molecule has 4 rings (SSSR count). The van der Waals surface area contributed by atoms with Gasteiger partial charge in [0.05, 0.1) is 12.2 Å². The lowest BCUT2D eigenvalue weighted by Crippen LogP contribution is -2.36. The van der Waals surface area contributed by atoms with Crippen molar-refractivity contribution >= 4 is 11.6 Å².